The zero-order valence-electron chi connectivity index (χ0n) is 9.06. The number of anilines is 2. The minimum Gasteiger partial charge on any atom is -0.371 e. The lowest BCUT2D eigenvalue weighted by Gasteiger charge is -2.28. The molecule has 1 aromatic heterocycles. The second-order valence-electron chi connectivity index (χ2n) is 3.61. The molecule has 0 radical (unpaired) electrons. The number of hydrogen-bond donors (Lipinski definition) is 2. The summed E-state index contributed by atoms with van der Waals surface area (Å²) in [5.41, 5.74) is 0. The third kappa shape index (κ3) is 2.06. The molecule has 2 rings (SSSR count). The van der Waals surface area contributed by atoms with Crippen LogP contribution in [0, 0.1) is 11.6 Å². The van der Waals surface area contributed by atoms with Crippen LogP contribution in [0.25, 0.3) is 0 Å². The summed E-state index contributed by atoms with van der Waals surface area (Å²) < 4.78 is 26.8. The summed E-state index contributed by atoms with van der Waals surface area (Å²) in [7, 11) is 1.56. The van der Waals surface area contributed by atoms with Crippen molar-refractivity contribution in [3.05, 3.63) is 17.7 Å². The molecule has 0 aliphatic carbocycles. The van der Waals surface area contributed by atoms with Crippen LogP contribution < -0.4 is 15.5 Å². The predicted molar refractivity (Wildman–Crippen MR) is 58.8 cm³/mol. The number of aromatic nitrogens is 1. The van der Waals surface area contributed by atoms with Gasteiger partial charge in [-0.2, -0.15) is 0 Å². The zero-order valence-corrected chi connectivity index (χ0v) is 9.06. The molecule has 1 aromatic rings. The maximum Gasteiger partial charge on any atom is 0.168 e. The van der Waals surface area contributed by atoms with Gasteiger partial charge in [0.15, 0.2) is 23.3 Å². The van der Waals surface area contributed by atoms with Gasteiger partial charge in [-0.3, -0.25) is 0 Å². The van der Waals surface area contributed by atoms with Crippen LogP contribution in [0.5, 0.6) is 0 Å². The second kappa shape index (κ2) is 4.61. The largest absolute Gasteiger partial charge is 0.371 e. The van der Waals surface area contributed by atoms with Gasteiger partial charge in [0.05, 0.1) is 0 Å². The smallest absolute Gasteiger partial charge is 0.168 e. The van der Waals surface area contributed by atoms with Gasteiger partial charge in [-0.25, -0.2) is 13.8 Å². The van der Waals surface area contributed by atoms with E-state index in [0.29, 0.717) is 13.1 Å². The number of nitrogens with one attached hydrogen (secondary N) is 2. The Hall–Kier alpha value is -1.43. The third-order valence-corrected chi connectivity index (χ3v) is 2.56. The number of piperazine rings is 1. The lowest BCUT2D eigenvalue weighted by molar-refractivity contribution is 0.545. The number of pyridine rings is 1. The average Bonchev–Trinajstić information content (AvgIpc) is 2.30. The fraction of sp³-hybridized carbons (Fsp3) is 0.500. The Morgan fingerprint density at radius 2 is 2.00 bits per heavy atom. The molecule has 1 saturated heterocycles. The molecule has 1 aliphatic heterocycles. The predicted octanol–water partition coefficient (Wildman–Crippen LogP) is 0.811. The minimum atomic E-state index is -0.668. The van der Waals surface area contributed by atoms with E-state index in [4.69, 9.17) is 0 Å². The summed E-state index contributed by atoms with van der Waals surface area (Å²) in [4.78, 5) is 5.76. The maximum absolute atomic E-state index is 13.6. The lowest BCUT2D eigenvalue weighted by Crippen LogP contribution is -2.44. The van der Waals surface area contributed by atoms with Gasteiger partial charge in [0, 0.05) is 39.3 Å². The summed E-state index contributed by atoms with van der Waals surface area (Å²) in [6, 6.07) is 0.871. The topological polar surface area (TPSA) is 40.2 Å². The van der Waals surface area contributed by atoms with E-state index in [-0.39, 0.29) is 11.6 Å². The Bertz CT molecular complexity index is 377. The van der Waals surface area contributed by atoms with Crippen LogP contribution in [-0.4, -0.2) is 38.2 Å². The van der Waals surface area contributed by atoms with Crippen LogP contribution in [0.15, 0.2) is 6.07 Å². The van der Waals surface area contributed by atoms with E-state index in [1.807, 2.05) is 4.90 Å². The first-order valence-corrected chi connectivity index (χ1v) is 5.22. The van der Waals surface area contributed by atoms with Crippen molar-refractivity contribution in [2.45, 2.75) is 0 Å². The van der Waals surface area contributed by atoms with Crippen LogP contribution in [-0.2, 0) is 0 Å². The molecule has 6 heteroatoms. The fourth-order valence-corrected chi connectivity index (χ4v) is 1.73. The maximum atomic E-state index is 13.6. The Balaban J connectivity index is 2.31. The molecule has 2 N–H and O–H groups in total. The van der Waals surface area contributed by atoms with E-state index in [2.05, 4.69) is 15.6 Å². The van der Waals surface area contributed by atoms with Gasteiger partial charge < -0.3 is 15.5 Å². The van der Waals surface area contributed by atoms with Crippen LogP contribution in [0.2, 0.25) is 0 Å². The molecule has 1 aliphatic rings. The molecule has 16 heavy (non-hydrogen) atoms. The molecule has 0 amide bonds. The van der Waals surface area contributed by atoms with Crippen LogP contribution in [0.3, 0.4) is 0 Å². The van der Waals surface area contributed by atoms with Crippen LogP contribution in [0.1, 0.15) is 0 Å². The molecule has 0 saturated carbocycles. The number of nitrogens with zero attached hydrogens (tertiary/aromatic N) is 2. The van der Waals surface area contributed by atoms with Crippen molar-refractivity contribution in [3.8, 4) is 0 Å². The van der Waals surface area contributed by atoms with Crippen molar-refractivity contribution >= 4 is 11.6 Å². The Labute approximate surface area is 92.7 Å². The molecule has 0 bridgehead atoms. The Morgan fingerprint density at radius 3 is 2.62 bits per heavy atom. The van der Waals surface area contributed by atoms with Gasteiger partial charge in [0.2, 0.25) is 0 Å². The van der Waals surface area contributed by atoms with Gasteiger partial charge in [0.1, 0.15) is 0 Å². The van der Waals surface area contributed by atoms with Crippen molar-refractivity contribution in [1.29, 1.82) is 0 Å². The lowest BCUT2D eigenvalue weighted by atomic mass is 10.3. The molecule has 88 valence electrons. The number of hydrogen-bond acceptors (Lipinski definition) is 4. The van der Waals surface area contributed by atoms with Crippen molar-refractivity contribution in [2.24, 2.45) is 0 Å². The highest BCUT2D eigenvalue weighted by molar-refractivity contribution is 5.49. The molecule has 0 aromatic carbocycles. The van der Waals surface area contributed by atoms with E-state index in [9.17, 15) is 8.78 Å². The summed E-state index contributed by atoms with van der Waals surface area (Å²) in [5.74, 6) is -0.987. The van der Waals surface area contributed by atoms with Crippen molar-refractivity contribution in [3.63, 3.8) is 0 Å². The van der Waals surface area contributed by atoms with E-state index in [1.165, 1.54) is 0 Å². The van der Waals surface area contributed by atoms with Crippen LogP contribution in [0.4, 0.5) is 20.4 Å². The third-order valence-electron chi connectivity index (χ3n) is 2.56. The average molecular weight is 228 g/mol. The first kappa shape index (κ1) is 11.1. The quantitative estimate of drug-likeness (QED) is 0.786. The first-order valence-electron chi connectivity index (χ1n) is 5.22. The van der Waals surface area contributed by atoms with Gasteiger partial charge in [-0.1, -0.05) is 0 Å². The molecule has 0 spiro atoms. The van der Waals surface area contributed by atoms with Gasteiger partial charge in [-0.15, -0.1) is 0 Å². The van der Waals surface area contributed by atoms with E-state index >= 15 is 0 Å². The number of rotatable bonds is 2. The number of halogens is 2. The SMILES string of the molecule is CNc1nc(N2CCNCC2)c(F)cc1F. The first-order chi connectivity index (χ1) is 7.72. The molecule has 1 fully saturated rings. The summed E-state index contributed by atoms with van der Waals surface area (Å²) in [5, 5.41) is 5.77. The second-order valence-corrected chi connectivity index (χ2v) is 3.61. The Morgan fingerprint density at radius 1 is 1.31 bits per heavy atom. The van der Waals surface area contributed by atoms with E-state index < -0.39 is 11.6 Å². The van der Waals surface area contributed by atoms with E-state index in [0.717, 1.165) is 19.2 Å². The zero-order chi connectivity index (χ0) is 11.5. The minimum absolute atomic E-state index is 0.0786. The molecule has 4 nitrogen and oxygen atoms in total. The monoisotopic (exact) mass is 228 g/mol. The van der Waals surface area contributed by atoms with Gasteiger partial charge in [0.25, 0.3) is 0 Å². The molecular formula is C10H14F2N4. The fourth-order valence-electron chi connectivity index (χ4n) is 1.73. The van der Waals surface area contributed by atoms with Crippen molar-refractivity contribution < 1.29 is 8.78 Å². The molecule has 2 heterocycles. The van der Waals surface area contributed by atoms with Gasteiger partial charge >= 0.3 is 0 Å². The normalized spacial score (nSPS) is 16.3. The van der Waals surface area contributed by atoms with Crippen LogP contribution >= 0.6 is 0 Å². The molecular weight excluding hydrogens is 214 g/mol. The molecule has 0 unspecified atom stereocenters. The highest BCUT2D eigenvalue weighted by Crippen LogP contribution is 2.22. The summed E-state index contributed by atoms with van der Waals surface area (Å²) in [6.45, 7) is 2.93. The van der Waals surface area contributed by atoms with Crippen molar-refractivity contribution in [1.82, 2.24) is 10.3 Å². The highest BCUT2D eigenvalue weighted by atomic mass is 19.1. The summed E-state index contributed by atoms with van der Waals surface area (Å²) >= 11 is 0. The van der Waals surface area contributed by atoms with E-state index in [1.54, 1.807) is 7.05 Å². The highest BCUT2D eigenvalue weighted by Gasteiger charge is 2.18. The van der Waals surface area contributed by atoms with Crippen molar-refractivity contribution in [2.75, 3.05) is 43.4 Å². The molecule has 0 atom stereocenters. The van der Waals surface area contributed by atoms with Gasteiger partial charge in [-0.05, 0) is 0 Å². The standard InChI is InChI=1S/C10H14F2N4/c1-13-9-7(11)6-8(12)10(15-9)16-4-2-14-3-5-16/h6,14H,2-5H2,1H3,(H,13,15). The summed E-state index contributed by atoms with van der Waals surface area (Å²) in [6.07, 6.45) is 0. The Kier molecular flexibility index (Phi) is 3.19.